The van der Waals surface area contributed by atoms with Crippen LogP contribution in [0.3, 0.4) is 0 Å². The van der Waals surface area contributed by atoms with Gasteiger partial charge in [-0.1, -0.05) is 48.5 Å². The largest absolute Gasteiger partial charge is 0.424 e. The van der Waals surface area contributed by atoms with Crippen LogP contribution in [0.15, 0.2) is 60.7 Å². The Hall–Kier alpha value is -2.18. The molecule has 110 valence electrons. The maximum Gasteiger partial charge on any atom is 0.346 e. The predicted octanol–water partition coefficient (Wildman–Crippen LogP) is 2.31. The zero-order valence-corrected chi connectivity index (χ0v) is 12.1. The molecule has 0 amide bonds. The highest BCUT2D eigenvalue weighted by molar-refractivity contribution is 7.86. The highest BCUT2D eigenvalue weighted by atomic mass is 32.2. The predicted molar refractivity (Wildman–Crippen MR) is 77.2 cm³/mol. The molecule has 0 aliphatic heterocycles. The fourth-order valence-electron chi connectivity index (χ4n) is 1.69. The van der Waals surface area contributed by atoms with E-state index in [1.165, 1.54) is 0 Å². The molecule has 0 radical (unpaired) electrons. The third kappa shape index (κ3) is 4.70. The molecule has 0 aliphatic carbocycles. The second-order valence-electron chi connectivity index (χ2n) is 4.33. The van der Waals surface area contributed by atoms with Gasteiger partial charge in [-0.05, 0) is 17.7 Å². The minimum atomic E-state index is -3.81. The van der Waals surface area contributed by atoms with E-state index in [0.29, 0.717) is 11.3 Å². The first kappa shape index (κ1) is 15.2. The van der Waals surface area contributed by atoms with Crippen LogP contribution in [0.5, 0.6) is 5.75 Å². The van der Waals surface area contributed by atoms with Gasteiger partial charge in [0.25, 0.3) is 10.1 Å². The molecule has 0 N–H and O–H groups in total. The van der Waals surface area contributed by atoms with Gasteiger partial charge in [0.05, 0.1) is 6.26 Å². The Kier molecular flexibility index (Phi) is 4.72. The van der Waals surface area contributed by atoms with E-state index in [0.717, 1.165) is 6.26 Å². The summed E-state index contributed by atoms with van der Waals surface area (Å²) in [5.41, 5.74) is 0.406. The molecule has 0 spiro atoms. The van der Waals surface area contributed by atoms with E-state index in [2.05, 4.69) is 0 Å². The summed E-state index contributed by atoms with van der Waals surface area (Å²) < 4.78 is 32.7. The van der Waals surface area contributed by atoms with Gasteiger partial charge in [-0.3, -0.25) is 4.18 Å². The van der Waals surface area contributed by atoms with Gasteiger partial charge in [-0.2, -0.15) is 8.42 Å². The molecular weight excluding hydrogens is 292 g/mol. The van der Waals surface area contributed by atoms with Gasteiger partial charge in [0.1, 0.15) is 5.75 Å². The average molecular weight is 306 g/mol. The number of hydrogen-bond acceptors (Lipinski definition) is 5. The van der Waals surface area contributed by atoms with Crippen LogP contribution in [0, 0.1) is 0 Å². The van der Waals surface area contributed by atoms with Gasteiger partial charge in [0.15, 0.2) is 6.10 Å². The third-order valence-corrected chi connectivity index (χ3v) is 3.09. The Morgan fingerprint density at radius 3 is 2.00 bits per heavy atom. The van der Waals surface area contributed by atoms with Crippen molar-refractivity contribution in [1.29, 1.82) is 0 Å². The first-order chi connectivity index (χ1) is 9.96. The van der Waals surface area contributed by atoms with Crippen LogP contribution in [0.1, 0.15) is 11.7 Å². The third-order valence-electron chi connectivity index (χ3n) is 2.55. The van der Waals surface area contributed by atoms with Gasteiger partial charge in [0.2, 0.25) is 0 Å². The van der Waals surface area contributed by atoms with E-state index in [9.17, 15) is 13.2 Å². The number of carbonyl (C=O) groups excluding carboxylic acids is 1. The van der Waals surface area contributed by atoms with Gasteiger partial charge in [-0.25, -0.2) is 4.79 Å². The zero-order chi connectivity index (χ0) is 15.3. The Balaban J connectivity index is 2.25. The number of ether oxygens (including phenoxy) is 1. The quantitative estimate of drug-likeness (QED) is 0.481. The highest BCUT2D eigenvalue weighted by Crippen LogP contribution is 2.22. The Bertz CT molecular complexity index is 695. The second-order valence-corrected chi connectivity index (χ2v) is 5.93. The summed E-state index contributed by atoms with van der Waals surface area (Å²) in [5, 5.41) is 0. The van der Waals surface area contributed by atoms with E-state index in [1.807, 2.05) is 0 Å². The van der Waals surface area contributed by atoms with E-state index in [4.69, 9.17) is 8.92 Å². The number of esters is 1. The number of hydrogen-bond donors (Lipinski definition) is 0. The number of benzene rings is 2. The van der Waals surface area contributed by atoms with Crippen molar-refractivity contribution >= 4 is 16.1 Å². The minimum Gasteiger partial charge on any atom is -0.424 e. The Morgan fingerprint density at radius 2 is 1.48 bits per heavy atom. The molecule has 6 heteroatoms. The first-order valence-corrected chi connectivity index (χ1v) is 7.97. The molecule has 0 fully saturated rings. The second kappa shape index (κ2) is 6.51. The molecule has 0 heterocycles. The van der Waals surface area contributed by atoms with Gasteiger partial charge >= 0.3 is 5.97 Å². The van der Waals surface area contributed by atoms with Crippen molar-refractivity contribution in [3.8, 4) is 5.75 Å². The summed E-state index contributed by atoms with van der Waals surface area (Å²) in [6.07, 6.45) is -0.444. The summed E-state index contributed by atoms with van der Waals surface area (Å²) >= 11 is 0. The van der Waals surface area contributed by atoms with Crippen LogP contribution in [0.4, 0.5) is 0 Å². The van der Waals surface area contributed by atoms with Crippen LogP contribution in [0.25, 0.3) is 0 Å². The molecule has 1 unspecified atom stereocenters. The number of rotatable bonds is 5. The molecule has 0 saturated heterocycles. The SMILES string of the molecule is CS(=O)(=O)OC(C(=O)Oc1ccccc1)c1ccccc1. The highest BCUT2D eigenvalue weighted by Gasteiger charge is 2.27. The lowest BCUT2D eigenvalue weighted by Crippen LogP contribution is -2.23. The fraction of sp³-hybridized carbons (Fsp3) is 0.133. The topological polar surface area (TPSA) is 69.7 Å². The van der Waals surface area contributed by atoms with E-state index in [1.54, 1.807) is 60.7 Å². The maximum absolute atomic E-state index is 12.2. The summed E-state index contributed by atoms with van der Waals surface area (Å²) in [6.45, 7) is 0. The van der Waals surface area contributed by atoms with Crippen molar-refractivity contribution in [2.75, 3.05) is 6.26 Å². The van der Waals surface area contributed by atoms with Gasteiger partial charge < -0.3 is 4.74 Å². The van der Waals surface area contributed by atoms with Crippen LogP contribution >= 0.6 is 0 Å². The van der Waals surface area contributed by atoms with Crippen LogP contribution < -0.4 is 4.74 Å². The Labute approximate surface area is 123 Å². The van der Waals surface area contributed by atoms with Crippen molar-refractivity contribution in [2.45, 2.75) is 6.10 Å². The van der Waals surface area contributed by atoms with Crippen LogP contribution in [0.2, 0.25) is 0 Å². The number of carbonyl (C=O) groups is 1. The standard InChI is InChI=1S/C15H14O5S/c1-21(17,18)20-14(12-8-4-2-5-9-12)15(16)19-13-10-6-3-7-11-13/h2-11,14H,1H3. The molecule has 5 nitrogen and oxygen atoms in total. The lowest BCUT2D eigenvalue weighted by molar-refractivity contribution is -0.142. The first-order valence-electron chi connectivity index (χ1n) is 6.16. The maximum atomic E-state index is 12.2. The molecule has 0 aromatic heterocycles. The van der Waals surface area contributed by atoms with Gasteiger partial charge in [0, 0.05) is 0 Å². The van der Waals surface area contributed by atoms with Crippen LogP contribution in [-0.4, -0.2) is 20.6 Å². The molecule has 2 aromatic rings. The summed E-state index contributed by atoms with van der Waals surface area (Å²) in [7, 11) is -3.81. The number of para-hydroxylation sites is 1. The molecular formula is C15H14O5S. The van der Waals surface area contributed by atoms with E-state index in [-0.39, 0.29) is 0 Å². The van der Waals surface area contributed by atoms with E-state index >= 15 is 0 Å². The summed E-state index contributed by atoms with van der Waals surface area (Å²) in [4.78, 5) is 12.2. The molecule has 2 rings (SSSR count). The lowest BCUT2D eigenvalue weighted by Gasteiger charge is -2.15. The Morgan fingerprint density at radius 1 is 0.952 bits per heavy atom. The summed E-state index contributed by atoms with van der Waals surface area (Å²) in [5.74, 6) is -0.474. The minimum absolute atomic E-state index is 0.320. The van der Waals surface area contributed by atoms with Crippen LogP contribution in [-0.2, 0) is 19.1 Å². The molecule has 0 saturated carbocycles. The molecule has 2 aromatic carbocycles. The monoisotopic (exact) mass is 306 g/mol. The van der Waals surface area contributed by atoms with Crippen molar-refractivity contribution in [3.63, 3.8) is 0 Å². The van der Waals surface area contributed by atoms with Crippen molar-refractivity contribution in [1.82, 2.24) is 0 Å². The van der Waals surface area contributed by atoms with Crippen molar-refractivity contribution in [3.05, 3.63) is 66.2 Å². The molecule has 0 bridgehead atoms. The molecule has 21 heavy (non-hydrogen) atoms. The molecule has 1 atom stereocenters. The normalized spacial score (nSPS) is 12.6. The smallest absolute Gasteiger partial charge is 0.346 e. The fourth-order valence-corrected chi connectivity index (χ4v) is 2.23. The van der Waals surface area contributed by atoms with E-state index < -0.39 is 22.2 Å². The van der Waals surface area contributed by atoms with Gasteiger partial charge in [-0.15, -0.1) is 0 Å². The molecule has 0 aliphatic rings. The van der Waals surface area contributed by atoms with Crippen molar-refractivity contribution < 1.29 is 22.1 Å². The van der Waals surface area contributed by atoms with Crippen molar-refractivity contribution in [2.24, 2.45) is 0 Å². The zero-order valence-electron chi connectivity index (χ0n) is 11.3. The summed E-state index contributed by atoms with van der Waals surface area (Å²) in [6, 6.07) is 16.7. The lowest BCUT2D eigenvalue weighted by atomic mass is 10.1. The average Bonchev–Trinajstić information content (AvgIpc) is 2.46.